The number of urea groups is 1. The van der Waals surface area contributed by atoms with Crippen molar-refractivity contribution in [3.63, 3.8) is 0 Å². The first-order valence-corrected chi connectivity index (χ1v) is 11.3. The van der Waals surface area contributed by atoms with E-state index in [-0.39, 0.29) is 18.5 Å². The predicted octanol–water partition coefficient (Wildman–Crippen LogP) is 3.24. The Kier molecular flexibility index (Phi) is 5.40. The Hall–Kier alpha value is -3.26. The summed E-state index contributed by atoms with van der Waals surface area (Å²) in [7, 11) is 0. The van der Waals surface area contributed by atoms with Crippen molar-refractivity contribution in [1.29, 1.82) is 0 Å². The molecule has 0 aliphatic carbocycles. The van der Waals surface area contributed by atoms with E-state index in [9.17, 15) is 14.4 Å². The van der Waals surface area contributed by atoms with Crippen LogP contribution in [0, 0.1) is 0 Å². The average molecular weight is 470 g/mol. The molecule has 9 heteroatoms. The zero-order valence-electron chi connectivity index (χ0n) is 18.2. The van der Waals surface area contributed by atoms with Crippen molar-refractivity contribution >= 4 is 29.4 Å². The highest BCUT2D eigenvalue weighted by Crippen LogP contribution is 2.38. The van der Waals surface area contributed by atoms with Gasteiger partial charge in [-0.15, -0.1) is 0 Å². The molecule has 172 valence electrons. The molecule has 3 aliphatic heterocycles. The van der Waals surface area contributed by atoms with Crippen molar-refractivity contribution in [1.82, 2.24) is 15.1 Å². The molecule has 3 aliphatic rings. The Morgan fingerprint density at radius 1 is 1.12 bits per heavy atom. The van der Waals surface area contributed by atoms with Crippen LogP contribution in [-0.4, -0.2) is 53.9 Å². The van der Waals surface area contributed by atoms with Crippen LogP contribution in [0.1, 0.15) is 36.9 Å². The maximum absolute atomic E-state index is 13.2. The van der Waals surface area contributed by atoms with Gasteiger partial charge in [0.15, 0.2) is 11.5 Å². The molecule has 1 N–H and O–H groups in total. The second kappa shape index (κ2) is 8.26. The fourth-order valence-electron chi connectivity index (χ4n) is 4.72. The SMILES string of the molecule is CC1(c2ccc(Cl)cc2)NC(=O)N(CC(=O)N2CCCC2c2ccc3c(c2)OCCO3)C1=O. The van der Waals surface area contributed by atoms with Crippen LogP contribution in [0.15, 0.2) is 42.5 Å². The van der Waals surface area contributed by atoms with Crippen LogP contribution in [-0.2, 0) is 15.1 Å². The van der Waals surface area contributed by atoms with E-state index in [0.29, 0.717) is 41.8 Å². The summed E-state index contributed by atoms with van der Waals surface area (Å²) in [4.78, 5) is 41.8. The van der Waals surface area contributed by atoms with E-state index in [1.165, 1.54) is 0 Å². The smallest absolute Gasteiger partial charge is 0.325 e. The number of halogens is 1. The third kappa shape index (κ3) is 3.78. The second-order valence-corrected chi connectivity index (χ2v) is 9.04. The van der Waals surface area contributed by atoms with Gasteiger partial charge in [-0.3, -0.25) is 14.5 Å². The third-order valence-electron chi connectivity index (χ3n) is 6.51. The van der Waals surface area contributed by atoms with E-state index in [1.807, 2.05) is 18.2 Å². The largest absolute Gasteiger partial charge is 0.486 e. The van der Waals surface area contributed by atoms with Crippen molar-refractivity contribution in [2.24, 2.45) is 0 Å². The van der Waals surface area contributed by atoms with Crippen molar-refractivity contribution in [2.45, 2.75) is 31.3 Å². The Labute approximate surface area is 196 Å². The zero-order valence-corrected chi connectivity index (χ0v) is 18.9. The summed E-state index contributed by atoms with van der Waals surface area (Å²) in [5, 5.41) is 3.26. The van der Waals surface area contributed by atoms with Crippen LogP contribution >= 0.6 is 11.6 Å². The molecular weight excluding hydrogens is 446 g/mol. The fraction of sp³-hybridized carbons (Fsp3) is 0.375. The first-order valence-electron chi connectivity index (χ1n) is 11.0. The molecule has 33 heavy (non-hydrogen) atoms. The maximum atomic E-state index is 13.2. The van der Waals surface area contributed by atoms with Gasteiger partial charge in [-0.25, -0.2) is 4.79 Å². The van der Waals surface area contributed by atoms with Gasteiger partial charge in [0.1, 0.15) is 25.3 Å². The number of carbonyl (C=O) groups excluding carboxylic acids is 3. The number of nitrogens with one attached hydrogen (secondary N) is 1. The lowest BCUT2D eigenvalue weighted by molar-refractivity contribution is -0.139. The molecule has 0 aromatic heterocycles. The molecule has 2 unspecified atom stereocenters. The molecule has 3 heterocycles. The number of imide groups is 1. The molecule has 0 saturated carbocycles. The second-order valence-electron chi connectivity index (χ2n) is 8.60. The molecule has 8 nitrogen and oxygen atoms in total. The van der Waals surface area contributed by atoms with Gasteiger partial charge in [-0.2, -0.15) is 0 Å². The number of amides is 4. The lowest BCUT2D eigenvalue weighted by atomic mass is 9.92. The monoisotopic (exact) mass is 469 g/mol. The van der Waals surface area contributed by atoms with Crippen molar-refractivity contribution < 1.29 is 23.9 Å². The molecule has 2 aromatic rings. The Morgan fingerprint density at radius 3 is 2.61 bits per heavy atom. The fourth-order valence-corrected chi connectivity index (χ4v) is 4.85. The predicted molar refractivity (Wildman–Crippen MR) is 120 cm³/mol. The normalized spacial score (nSPS) is 24.2. The van der Waals surface area contributed by atoms with Gasteiger partial charge in [0, 0.05) is 11.6 Å². The highest BCUT2D eigenvalue weighted by atomic mass is 35.5. The van der Waals surface area contributed by atoms with Gasteiger partial charge < -0.3 is 19.7 Å². The summed E-state index contributed by atoms with van der Waals surface area (Å²) in [5.74, 6) is 0.641. The summed E-state index contributed by atoms with van der Waals surface area (Å²) in [6, 6.07) is 11.7. The number of fused-ring (bicyclic) bond motifs is 1. The molecule has 2 atom stereocenters. The van der Waals surface area contributed by atoms with E-state index in [1.54, 1.807) is 36.1 Å². The van der Waals surface area contributed by atoms with Crippen LogP contribution in [0.2, 0.25) is 5.02 Å². The first kappa shape index (κ1) is 21.6. The molecular formula is C24H24ClN3O5. The van der Waals surface area contributed by atoms with E-state index in [4.69, 9.17) is 21.1 Å². The van der Waals surface area contributed by atoms with E-state index >= 15 is 0 Å². The number of ether oxygens (including phenoxy) is 2. The summed E-state index contributed by atoms with van der Waals surface area (Å²) >= 11 is 5.95. The van der Waals surface area contributed by atoms with Crippen molar-refractivity contribution in [2.75, 3.05) is 26.3 Å². The average Bonchev–Trinajstić information content (AvgIpc) is 3.39. The summed E-state index contributed by atoms with van der Waals surface area (Å²) < 4.78 is 11.3. The van der Waals surface area contributed by atoms with Crippen LogP contribution in [0.4, 0.5) is 4.79 Å². The number of hydrogen-bond donors (Lipinski definition) is 1. The lowest BCUT2D eigenvalue weighted by Gasteiger charge is -2.28. The highest BCUT2D eigenvalue weighted by Gasteiger charge is 2.50. The minimum atomic E-state index is -1.25. The van der Waals surface area contributed by atoms with Crippen molar-refractivity contribution in [3.8, 4) is 11.5 Å². The van der Waals surface area contributed by atoms with Gasteiger partial charge in [0.25, 0.3) is 5.91 Å². The van der Waals surface area contributed by atoms with E-state index < -0.39 is 17.5 Å². The van der Waals surface area contributed by atoms with Crippen molar-refractivity contribution in [3.05, 3.63) is 58.6 Å². The maximum Gasteiger partial charge on any atom is 0.325 e. The number of carbonyl (C=O) groups is 3. The molecule has 2 saturated heterocycles. The highest BCUT2D eigenvalue weighted by molar-refractivity contribution is 6.30. The van der Waals surface area contributed by atoms with E-state index in [2.05, 4.69) is 5.32 Å². The minimum Gasteiger partial charge on any atom is -0.486 e. The molecule has 2 aromatic carbocycles. The topological polar surface area (TPSA) is 88.2 Å². The van der Waals surface area contributed by atoms with Gasteiger partial charge >= 0.3 is 6.03 Å². The Bertz CT molecular complexity index is 1120. The first-order chi connectivity index (χ1) is 15.9. The quantitative estimate of drug-likeness (QED) is 0.694. The minimum absolute atomic E-state index is 0.142. The van der Waals surface area contributed by atoms with Gasteiger partial charge in [-0.1, -0.05) is 29.8 Å². The Balaban J connectivity index is 1.33. The molecule has 0 spiro atoms. The molecule has 2 fully saturated rings. The van der Waals surface area contributed by atoms with E-state index in [0.717, 1.165) is 23.3 Å². The number of likely N-dealkylation sites (tertiary alicyclic amines) is 1. The summed E-state index contributed by atoms with van der Waals surface area (Å²) in [6.45, 7) is 2.89. The number of rotatable bonds is 4. The zero-order chi connectivity index (χ0) is 23.2. The van der Waals surface area contributed by atoms with Gasteiger partial charge in [0.05, 0.1) is 6.04 Å². The Morgan fingerprint density at radius 2 is 1.85 bits per heavy atom. The third-order valence-corrected chi connectivity index (χ3v) is 6.77. The number of hydrogen-bond acceptors (Lipinski definition) is 5. The van der Waals surface area contributed by atoms with Crippen LogP contribution in [0.5, 0.6) is 11.5 Å². The van der Waals surface area contributed by atoms with Gasteiger partial charge in [-0.05, 0) is 55.2 Å². The molecule has 0 radical (unpaired) electrons. The van der Waals surface area contributed by atoms with Crippen LogP contribution in [0.25, 0.3) is 0 Å². The standard InChI is InChI=1S/C24H24ClN3O5/c1-24(16-5-7-17(25)8-6-16)22(30)28(23(31)26-24)14-21(29)27-10-2-3-18(27)15-4-9-19-20(13-15)33-12-11-32-19/h4-9,13,18H,2-3,10-12,14H2,1H3,(H,26,31). The van der Waals surface area contributed by atoms with Crippen LogP contribution < -0.4 is 14.8 Å². The number of benzene rings is 2. The molecule has 4 amide bonds. The van der Waals surface area contributed by atoms with Gasteiger partial charge in [0.2, 0.25) is 5.91 Å². The molecule has 0 bridgehead atoms. The molecule has 5 rings (SSSR count). The van der Waals surface area contributed by atoms with Crippen LogP contribution in [0.3, 0.4) is 0 Å². The summed E-state index contributed by atoms with van der Waals surface area (Å²) in [5.41, 5.74) is 0.311. The lowest BCUT2D eigenvalue weighted by Crippen LogP contribution is -2.44. The number of nitrogens with zero attached hydrogens (tertiary/aromatic N) is 2. The summed E-state index contributed by atoms with van der Waals surface area (Å²) in [6.07, 6.45) is 1.64.